The van der Waals surface area contributed by atoms with Crippen molar-refractivity contribution in [2.24, 2.45) is 0 Å². The number of aliphatic hydroxyl groups excluding tert-OH is 1. The van der Waals surface area contributed by atoms with E-state index in [4.69, 9.17) is 26.8 Å². The van der Waals surface area contributed by atoms with E-state index in [1.165, 1.54) is 0 Å². The van der Waals surface area contributed by atoms with Crippen LogP contribution in [0.1, 0.15) is 23.0 Å². The van der Waals surface area contributed by atoms with Crippen LogP contribution in [0, 0.1) is 5.82 Å². The molecule has 1 fully saturated rings. The molecule has 3 rings (SSSR count). The number of alkyl halides is 1. The summed E-state index contributed by atoms with van der Waals surface area (Å²) in [6.07, 6.45) is -1.41. The SMILES string of the molecule is Nc1nc(=O)n([C@H]2C[C@H](O)[C@@](CCl)(COC(=O)c3ccccc3)O2)cc1F. The van der Waals surface area contributed by atoms with Gasteiger partial charge in [0.1, 0.15) is 18.4 Å². The lowest BCUT2D eigenvalue weighted by Crippen LogP contribution is -2.46. The molecule has 3 N–H and O–H groups in total. The number of benzene rings is 1. The van der Waals surface area contributed by atoms with Crippen LogP contribution in [0.4, 0.5) is 10.2 Å². The molecule has 0 unspecified atom stereocenters. The van der Waals surface area contributed by atoms with Crippen molar-refractivity contribution < 1.29 is 23.8 Å². The Morgan fingerprint density at radius 3 is 2.85 bits per heavy atom. The van der Waals surface area contributed by atoms with Gasteiger partial charge in [-0.1, -0.05) is 18.2 Å². The Balaban J connectivity index is 1.77. The van der Waals surface area contributed by atoms with Gasteiger partial charge in [0.25, 0.3) is 0 Å². The first kappa shape index (κ1) is 19.3. The van der Waals surface area contributed by atoms with E-state index in [0.29, 0.717) is 5.56 Å². The van der Waals surface area contributed by atoms with Crippen molar-refractivity contribution in [3.05, 3.63) is 58.4 Å². The molecular weight excluding hydrogens is 381 g/mol. The summed E-state index contributed by atoms with van der Waals surface area (Å²) in [7, 11) is 0. The molecule has 1 aliphatic rings. The van der Waals surface area contributed by atoms with Gasteiger partial charge in [0.15, 0.2) is 11.6 Å². The van der Waals surface area contributed by atoms with Crippen LogP contribution < -0.4 is 11.4 Å². The Hall–Kier alpha value is -2.49. The maximum absolute atomic E-state index is 13.7. The Bertz CT molecular complexity index is 894. The van der Waals surface area contributed by atoms with Gasteiger partial charge >= 0.3 is 11.7 Å². The van der Waals surface area contributed by atoms with Crippen molar-refractivity contribution in [3.63, 3.8) is 0 Å². The monoisotopic (exact) mass is 397 g/mol. The number of esters is 1. The predicted molar refractivity (Wildman–Crippen MR) is 93.8 cm³/mol. The van der Waals surface area contributed by atoms with Gasteiger partial charge in [-0.05, 0) is 12.1 Å². The number of anilines is 1. The molecule has 144 valence electrons. The second kappa shape index (κ2) is 7.63. The van der Waals surface area contributed by atoms with E-state index in [-0.39, 0.29) is 18.9 Å². The van der Waals surface area contributed by atoms with Gasteiger partial charge < -0.3 is 20.3 Å². The van der Waals surface area contributed by atoms with E-state index in [1.54, 1.807) is 30.3 Å². The van der Waals surface area contributed by atoms with Gasteiger partial charge in [0, 0.05) is 6.42 Å². The summed E-state index contributed by atoms with van der Waals surface area (Å²) in [5, 5.41) is 10.4. The van der Waals surface area contributed by atoms with Gasteiger partial charge in [0.2, 0.25) is 0 Å². The average molecular weight is 398 g/mol. The number of rotatable bonds is 5. The minimum Gasteiger partial charge on any atom is -0.459 e. The van der Waals surface area contributed by atoms with Crippen LogP contribution in [-0.4, -0.2) is 44.8 Å². The first-order valence-corrected chi connectivity index (χ1v) is 8.58. The lowest BCUT2D eigenvalue weighted by Gasteiger charge is -2.29. The molecule has 27 heavy (non-hydrogen) atoms. The number of ether oxygens (including phenoxy) is 2. The molecule has 0 saturated carbocycles. The maximum Gasteiger partial charge on any atom is 0.351 e. The molecule has 0 aliphatic carbocycles. The molecule has 1 aromatic carbocycles. The average Bonchev–Trinajstić information content (AvgIpc) is 3.00. The number of hydrogen-bond acceptors (Lipinski definition) is 7. The highest BCUT2D eigenvalue weighted by Crippen LogP contribution is 2.37. The highest BCUT2D eigenvalue weighted by molar-refractivity contribution is 6.18. The first-order chi connectivity index (χ1) is 12.9. The van der Waals surface area contributed by atoms with Crippen molar-refractivity contribution in [1.82, 2.24) is 9.55 Å². The number of carbonyl (C=O) groups is 1. The minimum atomic E-state index is -1.45. The predicted octanol–water partition coefficient (Wildman–Crippen LogP) is 1.08. The zero-order chi connectivity index (χ0) is 19.6. The molecule has 2 heterocycles. The fourth-order valence-electron chi connectivity index (χ4n) is 2.77. The molecule has 0 bridgehead atoms. The van der Waals surface area contributed by atoms with E-state index in [1.807, 2.05) is 0 Å². The van der Waals surface area contributed by atoms with Crippen molar-refractivity contribution in [3.8, 4) is 0 Å². The fourth-order valence-corrected chi connectivity index (χ4v) is 3.09. The number of nitrogens with two attached hydrogens (primary N) is 1. The molecule has 10 heteroatoms. The third-order valence-corrected chi connectivity index (χ3v) is 4.78. The molecule has 0 amide bonds. The van der Waals surface area contributed by atoms with Crippen LogP contribution in [-0.2, 0) is 9.47 Å². The molecule has 8 nitrogen and oxygen atoms in total. The summed E-state index contributed by atoms with van der Waals surface area (Å²) in [4.78, 5) is 27.4. The van der Waals surface area contributed by atoms with Gasteiger partial charge in [-0.3, -0.25) is 4.57 Å². The van der Waals surface area contributed by atoms with E-state index in [9.17, 15) is 19.1 Å². The second-order valence-electron chi connectivity index (χ2n) is 6.13. The van der Waals surface area contributed by atoms with Crippen LogP contribution in [0.15, 0.2) is 41.3 Å². The Morgan fingerprint density at radius 2 is 2.19 bits per heavy atom. The van der Waals surface area contributed by atoms with Crippen molar-refractivity contribution in [2.45, 2.75) is 24.4 Å². The summed E-state index contributed by atoms with van der Waals surface area (Å²) in [5.41, 5.74) is 3.30. The van der Waals surface area contributed by atoms with E-state index in [0.717, 1.165) is 10.8 Å². The third kappa shape index (κ3) is 3.80. The number of halogens is 2. The summed E-state index contributed by atoms with van der Waals surface area (Å²) in [6.45, 7) is -0.346. The van der Waals surface area contributed by atoms with Crippen LogP contribution in [0.5, 0.6) is 0 Å². The van der Waals surface area contributed by atoms with Crippen molar-refractivity contribution in [2.75, 3.05) is 18.2 Å². The third-order valence-electron chi connectivity index (χ3n) is 4.33. The standard InChI is InChI=1S/C17H17ClFN3O5/c18-8-17(9-26-15(24)10-4-2-1-3-5-10)12(23)6-13(27-17)22-7-11(19)14(20)21-16(22)25/h1-5,7,12-13,23H,6,8-9H2,(H2,20,21,25)/t12-,13+,17+/m0/s1. The number of aromatic nitrogens is 2. The molecule has 1 aliphatic heterocycles. The van der Waals surface area contributed by atoms with E-state index >= 15 is 0 Å². The summed E-state index contributed by atoms with van der Waals surface area (Å²) >= 11 is 5.96. The number of hydrogen-bond donors (Lipinski definition) is 2. The Morgan fingerprint density at radius 1 is 1.48 bits per heavy atom. The molecule has 0 spiro atoms. The van der Waals surface area contributed by atoms with Crippen LogP contribution >= 0.6 is 11.6 Å². The highest BCUT2D eigenvalue weighted by atomic mass is 35.5. The lowest BCUT2D eigenvalue weighted by atomic mass is 10.00. The molecule has 1 saturated heterocycles. The second-order valence-corrected chi connectivity index (χ2v) is 6.40. The van der Waals surface area contributed by atoms with Crippen LogP contribution in [0.3, 0.4) is 0 Å². The molecule has 3 atom stereocenters. The van der Waals surface area contributed by atoms with E-state index < -0.39 is 41.2 Å². The number of aliphatic hydroxyl groups is 1. The fraction of sp³-hybridized carbons (Fsp3) is 0.353. The quantitative estimate of drug-likeness (QED) is 0.572. The topological polar surface area (TPSA) is 117 Å². The normalized spacial score (nSPS) is 24.7. The van der Waals surface area contributed by atoms with Crippen molar-refractivity contribution >= 4 is 23.4 Å². The van der Waals surface area contributed by atoms with Crippen LogP contribution in [0.25, 0.3) is 0 Å². The van der Waals surface area contributed by atoms with Gasteiger partial charge in [-0.25, -0.2) is 14.0 Å². The Labute approximate surface area is 158 Å². The zero-order valence-corrected chi connectivity index (χ0v) is 14.8. The summed E-state index contributed by atoms with van der Waals surface area (Å²) < 4.78 is 25.5. The van der Waals surface area contributed by atoms with Gasteiger partial charge in [-0.15, -0.1) is 11.6 Å². The molecule has 0 radical (unpaired) electrons. The Kier molecular flexibility index (Phi) is 5.45. The highest BCUT2D eigenvalue weighted by Gasteiger charge is 2.49. The summed E-state index contributed by atoms with van der Waals surface area (Å²) in [6, 6.07) is 8.27. The lowest BCUT2D eigenvalue weighted by molar-refractivity contribution is -0.117. The number of nitrogens with zero attached hydrogens (tertiary/aromatic N) is 2. The number of nitrogen functional groups attached to an aromatic ring is 1. The maximum atomic E-state index is 13.7. The van der Waals surface area contributed by atoms with Crippen LogP contribution in [0.2, 0.25) is 0 Å². The number of carbonyl (C=O) groups excluding carboxylic acids is 1. The zero-order valence-electron chi connectivity index (χ0n) is 14.0. The van der Waals surface area contributed by atoms with E-state index in [2.05, 4.69) is 4.98 Å². The molecular formula is C17H17ClFN3O5. The first-order valence-electron chi connectivity index (χ1n) is 8.04. The minimum absolute atomic E-state index is 0.0689. The smallest absolute Gasteiger partial charge is 0.351 e. The summed E-state index contributed by atoms with van der Waals surface area (Å²) in [5.74, 6) is -2.26. The van der Waals surface area contributed by atoms with Crippen molar-refractivity contribution in [1.29, 1.82) is 0 Å². The molecule has 1 aromatic heterocycles. The van der Waals surface area contributed by atoms with Gasteiger partial charge in [-0.2, -0.15) is 4.98 Å². The van der Waals surface area contributed by atoms with Gasteiger partial charge in [0.05, 0.1) is 23.7 Å². The molecule has 2 aromatic rings. The largest absolute Gasteiger partial charge is 0.459 e.